The van der Waals surface area contributed by atoms with Crippen molar-refractivity contribution in [2.24, 2.45) is 0 Å². The Morgan fingerprint density at radius 3 is 2.82 bits per heavy atom. The van der Waals surface area contributed by atoms with Crippen molar-refractivity contribution in [1.29, 1.82) is 0 Å². The molecule has 1 N–H and O–H groups in total. The van der Waals surface area contributed by atoms with Gasteiger partial charge >= 0.3 is 5.97 Å². The van der Waals surface area contributed by atoms with Crippen LogP contribution in [0.4, 0.5) is 0 Å². The van der Waals surface area contributed by atoms with E-state index in [1.165, 1.54) is 11.4 Å². The van der Waals surface area contributed by atoms with Crippen LogP contribution in [0.1, 0.15) is 28.8 Å². The average molecular weight is 326 g/mol. The largest absolute Gasteiger partial charge is 0.465 e. The van der Waals surface area contributed by atoms with Gasteiger partial charge in [-0.2, -0.15) is 4.31 Å². The predicted molar refractivity (Wildman–Crippen MR) is 83.4 cm³/mol. The number of methoxy groups -OCH3 is 1. The van der Waals surface area contributed by atoms with Crippen LogP contribution in [0.5, 0.6) is 0 Å². The molecule has 7 heteroatoms. The van der Waals surface area contributed by atoms with Crippen molar-refractivity contribution in [3.63, 3.8) is 0 Å². The van der Waals surface area contributed by atoms with E-state index in [9.17, 15) is 13.2 Å². The smallest absolute Gasteiger partial charge is 0.338 e. The predicted octanol–water partition coefficient (Wildman–Crippen LogP) is 1.15. The maximum absolute atomic E-state index is 12.9. The molecule has 1 fully saturated rings. The van der Waals surface area contributed by atoms with Crippen molar-refractivity contribution in [2.75, 3.05) is 27.2 Å². The number of nitrogens with zero attached hydrogens (tertiary/aromatic N) is 1. The van der Waals surface area contributed by atoms with Crippen LogP contribution in [-0.4, -0.2) is 52.0 Å². The molecule has 0 bridgehead atoms. The van der Waals surface area contributed by atoms with Crippen molar-refractivity contribution in [2.45, 2.75) is 30.7 Å². The monoisotopic (exact) mass is 326 g/mol. The van der Waals surface area contributed by atoms with E-state index in [0.29, 0.717) is 18.7 Å². The molecular formula is C15H22N2O4S. The molecule has 122 valence electrons. The number of nitrogens with one attached hydrogen (secondary N) is 1. The maximum atomic E-state index is 12.9. The number of hydrogen-bond acceptors (Lipinski definition) is 5. The molecule has 1 atom stereocenters. The minimum Gasteiger partial charge on any atom is -0.465 e. The standard InChI is InChI=1S/C15H22N2O4S/c1-11-13(15(18)21-3)7-4-8-14(11)22(19,20)17-9-5-6-12(17)10-16-2/h4,7-8,12,16H,5-6,9-10H2,1-3H3. The van der Waals surface area contributed by atoms with Crippen molar-refractivity contribution in [3.8, 4) is 0 Å². The molecule has 1 unspecified atom stereocenters. The van der Waals surface area contributed by atoms with Gasteiger partial charge in [0.1, 0.15) is 0 Å². The maximum Gasteiger partial charge on any atom is 0.338 e. The Labute approximate surface area is 131 Å². The summed E-state index contributed by atoms with van der Waals surface area (Å²) in [5.41, 5.74) is 0.720. The van der Waals surface area contributed by atoms with Gasteiger partial charge in [-0.15, -0.1) is 0 Å². The average Bonchev–Trinajstić information content (AvgIpc) is 2.96. The van der Waals surface area contributed by atoms with E-state index in [4.69, 9.17) is 4.74 Å². The van der Waals surface area contributed by atoms with Crippen LogP contribution in [0.3, 0.4) is 0 Å². The van der Waals surface area contributed by atoms with Gasteiger partial charge in [-0.1, -0.05) is 6.07 Å². The van der Waals surface area contributed by atoms with Crippen LogP contribution >= 0.6 is 0 Å². The van der Waals surface area contributed by atoms with E-state index in [0.717, 1.165) is 12.8 Å². The molecule has 1 saturated heterocycles. The lowest BCUT2D eigenvalue weighted by Gasteiger charge is -2.25. The topological polar surface area (TPSA) is 75.7 Å². The molecule has 0 spiro atoms. The Hall–Kier alpha value is -1.44. The summed E-state index contributed by atoms with van der Waals surface area (Å²) in [6, 6.07) is 4.66. The van der Waals surface area contributed by atoms with Gasteiger partial charge in [0.15, 0.2) is 0 Å². The summed E-state index contributed by atoms with van der Waals surface area (Å²) in [4.78, 5) is 11.9. The molecule has 0 aliphatic carbocycles. The molecule has 0 amide bonds. The van der Waals surface area contributed by atoms with Crippen molar-refractivity contribution < 1.29 is 17.9 Å². The van der Waals surface area contributed by atoms with Gasteiger partial charge in [0.2, 0.25) is 10.0 Å². The highest BCUT2D eigenvalue weighted by Crippen LogP contribution is 2.29. The summed E-state index contributed by atoms with van der Waals surface area (Å²) in [5, 5.41) is 3.04. The van der Waals surface area contributed by atoms with E-state index < -0.39 is 16.0 Å². The Kier molecular flexibility index (Phi) is 5.20. The number of ether oxygens (including phenoxy) is 1. The molecule has 1 aliphatic heterocycles. The Morgan fingerprint density at radius 2 is 2.18 bits per heavy atom. The molecule has 1 aromatic carbocycles. The molecule has 0 aromatic heterocycles. The van der Waals surface area contributed by atoms with Gasteiger partial charge in [0.25, 0.3) is 0 Å². The fraction of sp³-hybridized carbons (Fsp3) is 0.533. The van der Waals surface area contributed by atoms with Crippen LogP contribution in [0.2, 0.25) is 0 Å². The number of rotatable bonds is 5. The first-order valence-corrected chi connectivity index (χ1v) is 8.72. The molecule has 6 nitrogen and oxygen atoms in total. The van der Waals surface area contributed by atoms with Crippen molar-refractivity contribution in [3.05, 3.63) is 29.3 Å². The second kappa shape index (κ2) is 6.76. The molecule has 0 radical (unpaired) electrons. The number of esters is 1. The molecule has 2 rings (SSSR count). The van der Waals surface area contributed by atoms with Crippen molar-refractivity contribution in [1.82, 2.24) is 9.62 Å². The van der Waals surface area contributed by atoms with Crippen LogP contribution < -0.4 is 5.32 Å². The van der Waals surface area contributed by atoms with Crippen LogP contribution in [0.15, 0.2) is 23.1 Å². The Bertz CT molecular complexity index is 658. The van der Waals surface area contributed by atoms with E-state index in [1.54, 1.807) is 25.1 Å². The second-order valence-corrected chi connectivity index (χ2v) is 7.25. The lowest BCUT2D eigenvalue weighted by atomic mass is 10.1. The fourth-order valence-corrected chi connectivity index (χ4v) is 4.86. The van der Waals surface area contributed by atoms with Gasteiger partial charge in [-0.25, -0.2) is 13.2 Å². The number of carbonyl (C=O) groups is 1. The molecular weight excluding hydrogens is 304 g/mol. The van der Waals surface area contributed by atoms with Crippen LogP contribution in [0.25, 0.3) is 0 Å². The van der Waals surface area contributed by atoms with E-state index in [-0.39, 0.29) is 16.5 Å². The Balaban J connectivity index is 2.44. The quantitative estimate of drug-likeness (QED) is 0.822. The Morgan fingerprint density at radius 1 is 1.45 bits per heavy atom. The summed E-state index contributed by atoms with van der Waals surface area (Å²) < 4.78 is 32.1. The lowest BCUT2D eigenvalue weighted by Crippen LogP contribution is -2.41. The number of hydrogen-bond donors (Lipinski definition) is 1. The van der Waals surface area contributed by atoms with E-state index in [1.807, 2.05) is 7.05 Å². The number of benzene rings is 1. The molecule has 1 heterocycles. The van der Waals surface area contributed by atoms with E-state index in [2.05, 4.69) is 5.32 Å². The third-order valence-electron chi connectivity index (χ3n) is 4.04. The zero-order chi connectivity index (χ0) is 16.3. The highest BCUT2D eigenvalue weighted by Gasteiger charge is 2.36. The van der Waals surface area contributed by atoms with Gasteiger partial charge in [-0.05, 0) is 44.5 Å². The first-order chi connectivity index (χ1) is 10.4. The first kappa shape index (κ1) is 16.9. The van der Waals surface area contributed by atoms with Crippen LogP contribution in [-0.2, 0) is 14.8 Å². The van der Waals surface area contributed by atoms with Gasteiger partial charge in [-0.3, -0.25) is 0 Å². The number of carbonyl (C=O) groups excluding carboxylic acids is 1. The molecule has 22 heavy (non-hydrogen) atoms. The molecule has 1 aromatic rings. The fourth-order valence-electron chi connectivity index (χ4n) is 2.92. The minimum absolute atomic E-state index is 0.0452. The summed E-state index contributed by atoms with van der Waals surface area (Å²) in [6.07, 6.45) is 1.69. The SMILES string of the molecule is CNCC1CCCN1S(=O)(=O)c1cccc(C(=O)OC)c1C. The number of likely N-dealkylation sites (N-methyl/N-ethyl adjacent to an activating group) is 1. The third-order valence-corrected chi connectivity index (χ3v) is 6.14. The van der Waals surface area contributed by atoms with Crippen LogP contribution in [0, 0.1) is 6.92 Å². The van der Waals surface area contributed by atoms with Gasteiger partial charge in [0, 0.05) is 19.1 Å². The summed E-state index contributed by atoms with van der Waals surface area (Å²) in [5.74, 6) is -0.525. The van der Waals surface area contributed by atoms with E-state index >= 15 is 0 Å². The lowest BCUT2D eigenvalue weighted by molar-refractivity contribution is 0.0599. The highest BCUT2D eigenvalue weighted by atomic mass is 32.2. The zero-order valence-electron chi connectivity index (χ0n) is 13.1. The first-order valence-electron chi connectivity index (χ1n) is 7.28. The third kappa shape index (κ3) is 3.02. The molecule has 1 aliphatic rings. The second-order valence-electron chi connectivity index (χ2n) is 5.39. The summed E-state index contributed by atoms with van der Waals surface area (Å²) >= 11 is 0. The highest BCUT2D eigenvalue weighted by molar-refractivity contribution is 7.89. The molecule has 0 saturated carbocycles. The van der Waals surface area contributed by atoms with Gasteiger partial charge < -0.3 is 10.1 Å². The number of sulfonamides is 1. The van der Waals surface area contributed by atoms with Gasteiger partial charge in [0.05, 0.1) is 17.6 Å². The summed E-state index contributed by atoms with van der Waals surface area (Å²) in [7, 11) is -0.524. The normalized spacial score (nSPS) is 19.3. The minimum atomic E-state index is -3.62. The zero-order valence-corrected chi connectivity index (χ0v) is 13.9. The van der Waals surface area contributed by atoms with Crippen molar-refractivity contribution >= 4 is 16.0 Å². The summed E-state index contributed by atoms with van der Waals surface area (Å²) in [6.45, 7) is 2.77.